The van der Waals surface area contributed by atoms with E-state index in [4.69, 9.17) is 10.5 Å². The molecule has 1 aliphatic heterocycles. The van der Waals surface area contributed by atoms with E-state index < -0.39 is 0 Å². The van der Waals surface area contributed by atoms with Crippen LogP contribution in [-0.2, 0) is 11.2 Å². The minimum atomic E-state index is -0.114. The van der Waals surface area contributed by atoms with Crippen molar-refractivity contribution in [3.63, 3.8) is 0 Å². The van der Waals surface area contributed by atoms with E-state index in [-0.39, 0.29) is 12.5 Å². The molecule has 0 spiro atoms. The first-order chi connectivity index (χ1) is 9.20. The second-order valence-electron chi connectivity index (χ2n) is 4.59. The average Bonchev–Trinajstić information content (AvgIpc) is 2.41. The van der Waals surface area contributed by atoms with Crippen LogP contribution in [0.1, 0.15) is 11.1 Å². The lowest BCUT2D eigenvalue weighted by Crippen LogP contribution is -2.25. The summed E-state index contributed by atoms with van der Waals surface area (Å²) < 4.78 is 5.33. The van der Waals surface area contributed by atoms with Gasteiger partial charge in [0, 0.05) is 5.69 Å². The van der Waals surface area contributed by atoms with Crippen LogP contribution in [0.2, 0.25) is 0 Å². The van der Waals surface area contributed by atoms with Gasteiger partial charge >= 0.3 is 0 Å². The standard InChI is InChI=1S/C15H14N2O2/c16-12-4-1-10(2-5-12)7-11-3-6-14-13(8-11)17-15(18)9-19-14/h1-6,8H,7,9,16H2,(H,17,18). The minimum Gasteiger partial charge on any atom is -0.482 e. The molecule has 0 saturated heterocycles. The number of amides is 1. The van der Waals surface area contributed by atoms with Crippen molar-refractivity contribution >= 4 is 17.3 Å². The van der Waals surface area contributed by atoms with Crippen LogP contribution < -0.4 is 15.8 Å². The zero-order chi connectivity index (χ0) is 13.2. The molecule has 1 amide bonds. The van der Waals surface area contributed by atoms with Crippen molar-refractivity contribution in [1.82, 2.24) is 0 Å². The summed E-state index contributed by atoms with van der Waals surface area (Å²) in [5, 5.41) is 2.81. The summed E-state index contributed by atoms with van der Waals surface area (Å²) in [5.74, 6) is 0.609. The smallest absolute Gasteiger partial charge is 0.262 e. The second-order valence-corrected chi connectivity index (χ2v) is 4.59. The molecule has 3 rings (SSSR count). The zero-order valence-corrected chi connectivity index (χ0v) is 10.3. The molecule has 0 bridgehead atoms. The highest BCUT2D eigenvalue weighted by Gasteiger charge is 2.15. The third-order valence-corrected chi connectivity index (χ3v) is 3.06. The first-order valence-corrected chi connectivity index (χ1v) is 6.11. The van der Waals surface area contributed by atoms with Gasteiger partial charge in [-0.3, -0.25) is 4.79 Å². The molecule has 1 aliphatic rings. The highest BCUT2D eigenvalue weighted by Crippen LogP contribution is 2.29. The van der Waals surface area contributed by atoms with Gasteiger partial charge < -0.3 is 15.8 Å². The SMILES string of the molecule is Nc1ccc(Cc2ccc3c(c2)NC(=O)CO3)cc1. The van der Waals surface area contributed by atoms with E-state index in [1.807, 2.05) is 42.5 Å². The summed E-state index contributed by atoms with van der Waals surface area (Å²) in [5.41, 5.74) is 9.46. The summed E-state index contributed by atoms with van der Waals surface area (Å²) >= 11 is 0. The Morgan fingerprint density at radius 1 is 1.11 bits per heavy atom. The molecule has 2 aromatic rings. The van der Waals surface area contributed by atoms with E-state index >= 15 is 0 Å². The topological polar surface area (TPSA) is 64.3 Å². The second kappa shape index (κ2) is 4.65. The third kappa shape index (κ3) is 2.52. The van der Waals surface area contributed by atoms with Crippen LogP contribution in [0.25, 0.3) is 0 Å². The number of carbonyl (C=O) groups excluding carboxylic acids is 1. The number of hydrogen-bond donors (Lipinski definition) is 2. The molecule has 0 atom stereocenters. The molecule has 96 valence electrons. The van der Waals surface area contributed by atoms with Crippen molar-refractivity contribution in [2.45, 2.75) is 6.42 Å². The molecule has 3 N–H and O–H groups in total. The molecular weight excluding hydrogens is 240 g/mol. The van der Waals surface area contributed by atoms with E-state index in [1.54, 1.807) is 0 Å². The predicted octanol–water partition coefficient (Wildman–Crippen LogP) is 2.19. The number of hydrogen-bond acceptors (Lipinski definition) is 3. The Balaban J connectivity index is 1.84. The Labute approximate surface area is 111 Å². The highest BCUT2D eigenvalue weighted by molar-refractivity contribution is 5.95. The fourth-order valence-corrected chi connectivity index (χ4v) is 2.11. The van der Waals surface area contributed by atoms with Gasteiger partial charge in [-0.2, -0.15) is 0 Å². The van der Waals surface area contributed by atoms with Crippen LogP contribution >= 0.6 is 0 Å². The van der Waals surface area contributed by atoms with Crippen molar-refractivity contribution in [2.24, 2.45) is 0 Å². The van der Waals surface area contributed by atoms with Crippen LogP contribution in [0.5, 0.6) is 5.75 Å². The van der Waals surface area contributed by atoms with Gasteiger partial charge in [0.1, 0.15) is 5.75 Å². The Hall–Kier alpha value is -2.49. The van der Waals surface area contributed by atoms with Crippen molar-refractivity contribution in [3.8, 4) is 5.75 Å². The summed E-state index contributed by atoms with van der Waals surface area (Å²) in [6.45, 7) is 0.0876. The fraction of sp³-hybridized carbons (Fsp3) is 0.133. The quantitative estimate of drug-likeness (QED) is 0.807. The first kappa shape index (κ1) is 11.6. The number of rotatable bonds is 2. The number of ether oxygens (including phenoxy) is 1. The summed E-state index contributed by atoms with van der Waals surface area (Å²) in [7, 11) is 0. The normalized spacial score (nSPS) is 13.4. The third-order valence-electron chi connectivity index (χ3n) is 3.06. The largest absolute Gasteiger partial charge is 0.482 e. The van der Waals surface area contributed by atoms with Gasteiger partial charge in [0.2, 0.25) is 0 Å². The molecule has 0 unspecified atom stereocenters. The lowest BCUT2D eigenvalue weighted by molar-refractivity contribution is -0.118. The first-order valence-electron chi connectivity index (χ1n) is 6.11. The Morgan fingerprint density at radius 3 is 2.63 bits per heavy atom. The van der Waals surface area contributed by atoms with Crippen LogP contribution in [0.3, 0.4) is 0 Å². The molecule has 0 aromatic heterocycles. The number of nitrogen functional groups attached to an aromatic ring is 1. The minimum absolute atomic E-state index is 0.0876. The van der Waals surface area contributed by atoms with Gasteiger partial charge in [-0.1, -0.05) is 18.2 Å². The van der Waals surface area contributed by atoms with Crippen LogP contribution in [0.4, 0.5) is 11.4 Å². The summed E-state index contributed by atoms with van der Waals surface area (Å²) in [4.78, 5) is 11.3. The average molecular weight is 254 g/mol. The van der Waals surface area contributed by atoms with Gasteiger partial charge in [0.25, 0.3) is 5.91 Å². The molecule has 4 heteroatoms. The summed E-state index contributed by atoms with van der Waals surface area (Å²) in [6.07, 6.45) is 0.795. The van der Waals surface area contributed by atoms with E-state index in [9.17, 15) is 4.79 Å². The molecule has 0 aliphatic carbocycles. The van der Waals surface area contributed by atoms with Gasteiger partial charge in [-0.15, -0.1) is 0 Å². The molecule has 0 radical (unpaired) electrons. The number of nitrogens with two attached hydrogens (primary N) is 1. The van der Waals surface area contributed by atoms with E-state index in [0.717, 1.165) is 29.1 Å². The highest BCUT2D eigenvalue weighted by atomic mass is 16.5. The maximum Gasteiger partial charge on any atom is 0.262 e. The number of nitrogens with one attached hydrogen (secondary N) is 1. The molecular formula is C15H14N2O2. The number of fused-ring (bicyclic) bond motifs is 1. The lowest BCUT2D eigenvalue weighted by Gasteiger charge is -2.18. The fourth-order valence-electron chi connectivity index (χ4n) is 2.11. The molecule has 1 heterocycles. The van der Waals surface area contributed by atoms with Gasteiger partial charge in [0.05, 0.1) is 5.69 Å². The van der Waals surface area contributed by atoms with Crippen LogP contribution in [0, 0.1) is 0 Å². The van der Waals surface area contributed by atoms with Crippen LogP contribution in [0.15, 0.2) is 42.5 Å². The molecule has 2 aromatic carbocycles. The number of anilines is 2. The summed E-state index contributed by atoms with van der Waals surface area (Å²) in [6, 6.07) is 13.6. The molecule has 19 heavy (non-hydrogen) atoms. The predicted molar refractivity (Wildman–Crippen MR) is 74.2 cm³/mol. The van der Waals surface area contributed by atoms with Gasteiger partial charge in [-0.05, 0) is 41.8 Å². The Kier molecular flexibility index (Phi) is 2.83. The number of benzene rings is 2. The molecule has 0 saturated carbocycles. The van der Waals surface area contributed by atoms with Crippen LogP contribution in [-0.4, -0.2) is 12.5 Å². The monoisotopic (exact) mass is 254 g/mol. The van der Waals surface area contributed by atoms with E-state index in [0.29, 0.717) is 0 Å². The number of carbonyl (C=O) groups is 1. The Morgan fingerprint density at radius 2 is 1.84 bits per heavy atom. The van der Waals surface area contributed by atoms with E-state index in [1.165, 1.54) is 5.56 Å². The maximum absolute atomic E-state index is 11.3. The van der Waals surface area contributed by atoms with Crippen molar-refractivity contribution in [3.05, 3.63) is 53.6 Å². The Bertz CT molecular complexity index is 621. The zero-order valence-electron chi connectivity index (χ0n) is 10.3. The van der Waals surface area contributed by atoms with Crippen molar-refractivity contribution in [1.29, 1.82) is 0 Å². The van der Waals surface area contributed by atoms with Crippen molar-refractivity contribution in [2.75, 3.05) is 17.7 Å². The molecule has 4 nitrogen and oxygen atoms in total. The maximum atomic E-state index is 11.3. The van der Waals surface area contributed by atoms with Crippen molar-refractivity contribution < 1.29 is 9.53 Å². The van der Waals surface area contributed by atoms with Gasteiger partial charge in [-0.25, -0.2) is 0 Å². The van der Waals surface area contributed by atoms with E-state index in [2.05, 4.69) is 5.32 Å². The molecule has 0 fully saturated rings. The lowest BCUT2D eigenvalue weighted by atomic mass is 10.0. The van der Waals surface area contributed by atoms with Gasteiger partial charge in [0.15, 0.2) is 6.61 Å².